The number of nitrogens with one attached hydrogen (secondary N) is 1. The third-order valence-corrected chi connectivity index (χ3v) is 2.97. The third-order valence-electron chi connectivity index (χ3n) is 2.97. The molecular weight excluding hydrogens is 238 g/mol. The Morgan fingerprint density at radius 3 is 2.42 bits per heavy atom. The van der Waals surface area contributed by atoms with Crippen LogP contribution in [0.5, 0.6) is 0 Å². The van der Waals surface area contributed by atoms with Gasteiger partial charge in [0.15, 0.2) is 5.78 Å². The Hall–Kier alpha value is -2.13. The fourth-order valence-electron chi connectivity index (χ4n) is 1.81. The number of benzene rings is 2. The third kappa shape index (κ3) is 3.66. The van der Waals surface area contributed by atoms with Crippen molar-refractivity contribution in [1.29, 1.82) is 0 Å². The number of hydrogen-bond acceptors (Lipinski definition) is 3. The summed E-state index contributed by atoms with van der Waals surface area (Å²) < 4.78 is 0. The van der Waals surface area contributed by atoms with Gasteiger partial charge in [0.25, 0.3) is 0 Å². The van der Waals surface area contributed by atoms with E-state index in [1.54, 1.807) is 6.92 Å². The van der Waals surface area contributed by atoms with E-state index in [1.807, 2.05) is 48.5 Å². The minimum Gasteiger partial charge on any atom is -0.392 e. The highest BCUT2D eigenvalue weighted by Crippen LogP contribution is 2.13. The molecule has 0 radical (unpaired) electrons. The molecule has 0 aliphatic heterocycles. The molecule has 98 valence electrons. The molecule has 2 N–H and O–H groups in total. The van der Waals surface area contributed by atoms with Crippen molar-refractivity contribution in [1.82, 2.24) is 0 Å². The van der Waals surface area contributed by atoms with Crippen molar-refractivity contribution in [3.8, 4) is 0 Å². The first kappa shape index (κ1) is 13.3. The van der Waals surface area contributed by atoms with E-state index in [1.165, 1.54) is 0 Å². The summed E-state index contributed by atoms with van der Waals surface area (Å²) in [6, 6.07) is 15.2. The zero-order chi connectivity index (χ0) is 13.7. The van der Waals surface area contributed by atoms with Crippen LogP contribution in [-0.4, -0.2) is 10.9 Å². The lowest BCUT2D eigenvalue weighted by molar-refractivity contribution is 0.101. The average Bonchev–Trinajstić information content (AvgIpc) is 2.46. The highest BCUT2D eigenvalue weighted by atomic mass is 16.3. The van der Waals surface area contributed by atoms with Gasteiger partial charge in [0.1, 0.15) is 0 Å². The van der Waals surface area contributed by atoms with E-state index < -0.39 is 0 Å². The van der Waals surface area contributed by atoms with Crippen LogP contribution in [0.4, 0.5) is 5.69 Å². The van der Waals surface area contributed by atoms with Crippen molar-refractivity contribution in [2.75, 3.05) is 5.32 Å². The minimum absolute atomic E-state index is 0.0639. The van der Waals surface area contributed by atoms with Crippen LogP contribution in [-0.2, 0) is 13.2 Å². The van der Waals surface area contributed by atoms with Gasteiger partial charge < -0.3 is 10.4 Å². The van der Waals surface area contributed by atoms with Gasteiger partial charge in [0, 0.05) is 17.8 Å². The number of aliphatic hydroxyl groups is 1. The monoisotopic (exact) mass is 255 g/mol. The van der Waals surface area contributed by atoms with E-state index in [-0.39, 0.29) is 12.4 Å². The smallest absolute Gasteiger partial charge is 0.159 e. The summed E-state index contributed by atoms with van der Waals surface area (Å²) in [7, 11) is 0. The molecule has 0 atom stereocenters. The Morgan fingerprint density at radius 2 is 1.79 bits per heavy atom. The second-order valence-electron chi connectivity index (χ2n) is 4.47. The van der Waals surface area contributed by atoms with Crippen LogP contribution >= 0.6 is 0 Å². The van der Waals surface area contributed by atoms with Crippen LogP contribution in [0, 0.1) is 0 Å². The summed E-state index contributed by atoms with van der Waals surface area (Å²) in [5.41, 5.74) is 3.67. The Labute approximate surface area is 112 Å². The van der Waals surface area contributed by atoms with Crippen LogP contribution < -0.4 is 5.32 Å². The summed E-state index contributed by atoms with van der Waals surface area (Å²) >= 11 is 0. The molecule has 3 heteroatoms. The highest BCUT2D eigenvalue weighted by Gasteiger charge is 2.00. The zero-order valence-electron chi connectivity index (χ0n) is 10.9. The predicted molar refractivity (Wildman–Crippen MR) is 76.1 cm³/mol. The van der Waals surface area contributed by atoms with Gasteiger partial charge in [-0.1, -0.05) is 36.4 Å². The number of rotatable bonds is 5. The fraction of sp³-hybridized carbons (Fsp3) is 0.188. The van der Waals surface area contributed by atoms with Gasteiger partial charge in [-0.25, -0.2) is 0 Å². The molecule has 19 heavy (non-hydrogen) atoms. The van der Waals surface area contributed by atoms with Crippen molar-refractivity contribution in [3.63, 3.8) is 0 Å². The van der Waals surface area contributed by atoms with Crippen LogP contribution in [0.15, 0.2) is 48.5 Å². The van der Waals surface area contributed by atoms with Crippen molar-refractivity contribution < 1.29 is 9.90 Å². The van der Waals surface area contributed by atoms with Crippen molar-refractivity contribution in [3.05, 3.63) is 65.2 Å². The van der Waals surface area contributed by atoms with Crippen LogP contribution in [0.25, 0.3) is 0 Å². The van der Waals surface area contributed by atoms with Crippen molar-refractivity contribution >= 4 is 11.5 Å². The predicted octanol–water partition coefficient (Wildman–Crippen LogP) is 2.99. The first-order chi connectivity index (χ1) is 9.19. The van der Waals surface area contributed by atoms with E-state index in [4.69, 9.17) is 5.11 Å². The second-order valence-corrected chi connectivity index (χ2v) is 4.47. The van der Waals surface area contributed by atoms with E-state index in [0.29, 0.717) is 12.1 Å². The van der Waals surface area contributed by atoms with Gasteiger partial charge in [-0.05, 0) is 30.2 Å². The molecule has 0 heterocycles. The van der Waals surface area contributed by atoms with E-state index >= 15 is 0 Å². The molecule has 2 rings (SSSR count). The number of hydrogen-bond donors (Lipinski definition) is 2. The standard InChI is InChI=1S/C16H17NO2/c1-12(19)15-3-2-4-16(9-15)17-10-13-5-7-14(11-18)8-6-13/h2-9,17-18H,10-11H2,1H3. The van der Waals surface area contributed by atoms with Gasteiger partial charge in [-0.15, -0.1) is 0 Å². The van der Waals surface area contributed by atoms with Gasteiger partial charge >= 0.3 is 0 Å². The number of Topliss-reactive ketones (excluding diaryl/α,β-unsaturated/α-hetero) is 1. The highest BCUT2D eigenvalue weighted by molar-refractivity contribution is 5.94. The first-order valence-electron chi connectivity index (χ1n) is 6.22. The molecule has 2 aromatic rings. The number of ketones is 1. The molecule has 0 bridgehead atoms. The molecule has 0 unspecified atom stereocenters. The SMILES string of the molecule is CC(=O)c1cccc(NCc2ccc(CO)cc2)c1. The normalized spacial score (nSPS) is 10.2. The quantitative estimate of drug-likeness (QED) is 0.807. The Kier molecular flexibility index (Phi) is 4.31. The molecule has 0 saturated heterocycles. The van der Waals surface area contributed by atoms with Gasteiger partial charge in [0.05, 0.1) is 6.61 Å². The van der Waals surface area contributed by atoms with Gasteiger partial charge in [-0.2, -0.15) is 0 Å². The summed E-state index contributed by atoms with van der Waals surface area (Å²) in [6.45, 7) is 2.31. The lowest BCUT2D eigenvalue weighted by Crippen LogP contribution is -2.01. The minimum atomic E-state index is 0.0639. The van der Waals surface area contributed by atoms with Crippen molar-refractivity contribution in [2.24, 2.45) is 0 Å². The number of anilines is 1. The maximum absolute atomic E-state index is 11.3. The molecule has 0 fully saturated rings. The molecule has 3 nitrogen and oxygen atoms in total. The van der Waals surface area contributed by atoms with E-state index in [2.05, 4.69) is 5.32 Å². The molecule has 0 aliphatic rings. The van der Waals surface area contributed by atoms with Crippen LogP contribution in [0.3, 0.4) is 0 Å². The second kappa shape index (κ2) is 6.16. The fourth-order valence-corrected chi connectivity index (χ4v) is 1.81. The maximum Gasteiger partial charge on any atom is 0.159 e. The van der Waals surface area contributed by atoms with E-state index in [0.717, 1.165) is 16.8 Å². The van der Waals surface area contributed by atoms with E-state index in [9.17, 15) is 4.79 Å². The van der Waals surface area contributed by atoms with Crippen LogP contribution in [0.1, 0.15) is 28.4 Å². The number of aliphatic hydroxyl groups excluding tert-OH is 1. The average molecular weight is 255 g/mol. The molecule has 0 aromatic heterocycles. The molecule has 0 spiro atoms. The summed E-state index contributed by atoms with van der Waals surface area (Å²) in [6.07, 6.45) is 0. The first-order valence-corrected chi connectivity index (χ1v) is 6.22. The topological polar surface area (TPSA) is 49.3 Å². The van der Waals surface area contributed by atoms with Crippen LogP contribution in [0.2, 0.25) is 0 Å². The maximum atomic E-state index is 11.3. The lowest BCUT2D eigenvalue weighted by Gasteiger charge is -2.08. The Morgan fingerprint density at radius 1 is 1.11 bits per heavy atom. The molecule has 0 saturated carbocycles. The Balaban J connectivity index is 2.01. The molecule has 0 amide bonds. The largest absolute Gasteiger partial charge is 0.392 e. The number of carbonyl (C=O) groups excluding carboxylic acids is 1. The lowest BCUT2D eigenvalue weighted by atomic mass is 10.1. The molecule has 2 aromatic carbocycles. The Bertz CT molecular complexity index is 561. The molecular formula is C16H17NO2. The molecule has 0 aliphatic carbocycles. The summed E-state index contributed by atoms with van der Waals surface area (Å²) in [5.74, 6) is 0.0657. The van der Waals surface area contributed by atoms with Gasteiger partial charge in [0.2, 0.25) is 0 Å². The number of carbonyl (C=O) groups is 1. The summed E-state index contributed by atoms with van der Waals surface area (Å²) in [4.78, 5) is 11.3. The van der Waals surface area contributed by atoms with Gasteiger partial charge in [-0.3, -0.25) is 4.79 Å². The zero-order valence-corrected chi connectivity index (χ0v) is 10.9. The van der Waals surface area contributed by atoms with Crippen molar-refractivity contribution in [2.45, 2.75) is 20.1 Å². The summed E-state index contributed by atoms with van der Waals surface area (Å²) in [5, 5.41) is 12.3.